The van der Waals surface area contributed by atoms with E-state index < -0.39 is 11.9 Å². The van der Waals surface area contributed by atoms with E-state index in [1.807, 2.05) is 55.6 Å². The molecule has 0 aromatic heterocycles. The summed E-state index contributed by atoms with van der Waals surface area (Å²) >= 11 is 6.24. The fraction of sp³-hybridized carbons (Fsp3) is 0.400. The van der Waals surface area contributed by atoms with Crippen molar-refractivity contribution < 1.29 is 24.0 Å². The molecule has 3 aliphatic heterocycles. The number of nitrogens with one attached hydrogen (secondary N) is 4. The molecule has 0 radical (unpaired) electrons. The van der Waals surface area contributed by atoms with Gasteiger partial charge in [0.05, 0.1) is 17.1 Å². The molecule has 4 N–H and O–H groups in total. The van der Waals surface area contributed by atoms with Crippen molar-refractivity contribution in [2.45, 2.75) is 76.3 Å². The average molecular weight is 751 g/mol. The second-order valence-corrected chi connectivity index (χ2v) is 14.9. The smallest absolute Gasteiger partial charge is 0.255 e. The monoisotopic (exact) mass is 750 g/mol. The van der Waals surface area contributed by atoms with Gasteiger partial charge >= 0.3 is 0 Å². The van der Waals surface area contributed by atoms with Crippen LogP contribution in [0.25, 0.3) is 0 Å². The number of halogens is 1. The Morgan fingerprint density at radius 1 is 0.926 bits per heavy atom. The standard InChI is InChI=1S/C40H43ClN8O5/c1-47(32-9-4-25(19-42)34(41)18-32)31-10-7-30(8-11-31)45-38(52)24-2-5-29(6-3-24)44-15-14-43-20-37(51)48-21-26-16-28-23-49(35-12-13-36(50)46-39(35)53)40(54)33(28)17-27(26)22-48/h2-6,9,16-18,30-31,35,43-44H,7-8,10-15,20-23H2,1H3,(H,45,52)(H,46,50,53). The zero-order valence-electron chi connectivity index (χ0n) is 30.1. The average Bonchev–Trinajstić information content (AvgIpc) is 3.73. The third-order valence-electron chi connectivity index (χ3n) is 11.0. The number of hydrogen-bond donors (Lipinski definition) is 4. The van der Waals surface area contributed by atoms with Crippen molar-refractivity contribution in [1.29, 1.82) is 5.26 Å². The lowest BCUT2D eigenvalue weighted by Crippen LogP contribution is -2.52. The molecule has 7 rings (SSSR count). The molecule has 1 saturated carbocycles. The lowest BCUT2D eigenvalue weighted by atomic mass is 9.90. The number of fused-ring (bicyclic) bond motifs is 2. The van der Waals surface area contributed by atoms with Crippen molar-refractivity contribution in [3.63, 3.8) is 0 Å². The van der Waals surface area contributed by atoms with Crippen LogP contribution in [0.3, 0.4) is 0 Å². The van der Waals surface area contributed by atoms with Crippen molar-refractivity contribution >= 4 is 52.5 Å². The summed E-state index contributed by atoms with van der Waals surface area (Å²) in [5.74, 6) is -1.08. The van der Waals surface area contributed by atoms with Crippen LogP contribution in [0.5, 0.6) is 0 Å². The van der Waals surface area contributed by atoms with E-state index in [0.29, 0.717) is 66.9 Å². The zero-order chi connectivity index (χ0) is 37.9. The van der Waals surface area contributed by atoms with Gasteiger partial charge in [0.1, 0.15) is 12.1 Å². The number of carbonyl (C=O) groups is 5. The Bertz CT molecular complexity index is 2020. The first kappa shape index (κ1) is 36.9. The first-order valence-corrected chi connectivity index (χ1v) is 18.8. The lowest BCUT2D eigenvalue weighted by molar-refractivity contribution is -0.137. The quantitative estimate of drug-likeness (QED) is 0.169. The van der Waals surface area contributed by atoms with Gasteiger partial charge in [-0.1, -0.05) is 17.7 Å². The summed E-state index contributed by atoms with van der Waals surface area (Å²) in [5.41, 5.74) is 6.25. The summed E-state index contributed by atoms with van der Waals surface area (Å²) in [4.78, 5) is 68.6. The highest BCUT2D eigenvalue weighted by atomic mass is 35.5. The maximum atomic E-state index is 13.2. The number of imide groups is 1. The van der Waals surface area contributed by atoms with Gasteiger partial charge in [0.25, 0.3) is 11.8 Å². The van der Waals surface area contributed by atoms with Gasteiger partial charge in [0.15, 0.2) is 0 Å². The number of anilines is 2. The van der Waals surface area contributed by atoms with Crippen LogP contribution in [0.4, 0.5) is 11.4 Å². The van der Waals surface area contributed by atoms with E-state index in [-0.39, 0.29) is 42.6 Å². The van der Waals surface area contributed by atoms with E-state index in [4.69, 9.17) is 16.9 Å². The number of benzene rings is 3. The van der Waals surface area contributed by atoms with Crippen LogP contribution in [0.15, 0.2) is 54.6 Å². The fourth-order valence-corrected chi connectivity index (χ4v) is 8.11. The highest BCUT2D eigenvalue weighted by molar-refractivity contribution is 6.32. The molecule has 1 atom stereocenters. The molecule has 1 saturated heterocycles. The fourth-order valence-electron chi connectivity index (χ4n) is 7.89. The predicted octanol–water partition coefficient (Wildman–Crippen LogP) is 3.69. The Balaban J connectivity index is 0.796. The Morgan fingerprint density at radius 3 is 2.37 bits per heavy atom. The molecule has 3 aromatic rings. The minimum atomic E-state index is -0.651. The van der Waals surface area contributed by atoms with Gasteiger partial charge in [0.2, 0.25) is 17.7 Å². The molecule has 3 heterocycles. The maximum Gasteiger partial charge on any atom is 0.255 e. The topological polar surface area (TPSA) is 167 Å². The van der Waals surface area contributed by atoms with Gasteiger partial charge in [-0.05, 0) is 97.3 Å². The van der Waals surface area contributed by atoms with Crippen molar-refractivity contribution in [2.24, 2.45) is 0 Å². The summed E-state index contributed by atoms with van der Waals surface area (Å²) in [7, 11) is 2.04. The third-order valence-corrected chi connectivity index (χ3v) is 11.3. The number of nitriles is 1. The first-order chi connectivity index (χ1) is 26.1. The van der Waals surface area contributed by atoms with Crippen molar-refractivity contribution in [2.75, 3.05) is 36.9 Å². The largest absolute Gasteiger partial charge is 0.384 e. The number of hydrogen-bond acceptors (Lipinski definition) is 9. The van der Waals surface area contributed by atoms with Gasteiger partial charge in [-0.15, -0.1) is 0 Å². The Morgan fingerprint density at radius 2 is 1.67 bits per heavy atom. The molecule has 2 fully saturated rings. The number of piperidine rings is 1. The molecule has 14 heteroatoms. The second kappa shape index (κ2) is 15.9. The van der Waals surface area contributed by atoms with E-state index in [1.165, 1.54) is 0 Å². The van der Waals surface area contributed by atoms with Crippen molar-refractivity contribution in [3.8, 4) is 6.07 Å². The van der Waals surface area contributed by atoms with Crippen LogP contribution in [0.2, 0.25) is 5.02 Å². The molecule has 0 spiro atoms. The Kier molecular flexibility index (Phi) is 10.8. The molecule has 280 valence electrons. The van der Waals surface area contributed by atoms with Gasteiger partial charge in [-0.2, -0.15) is 5.26 Å². The predicted molar refractivity (Wildman–Crippen MR) is 203 cm³/mol. The molecule has 4 aliphatic rings. The first-order valence-electron chi connectivity index (χ1n) is 18.4. The molecule has 1 aliphatic carbocycles. The van der Waals surface area contributed by atoms with E-state index in [1.54, 1.807) is 15.9 Å². The maximum absolute atomic E-state index is 13.2. The van der Waals surface area contributed by atoms with Crippen molar-refractivity contribution in [1.82, 2.24) is 25.8 Å². The SMILES string of the molecule is CN(c1ccc(C#N)c(Cl)c1)C1CCC(NC(=O)c2ccc(NCCNCC(=O)N3Cc4cc5c(cc4C3)C(=O)N(C3CCC(=O)NC3=O)C5)cc2)CC1. The van der Waals surface area contributed by atoms with Crippen molar-refractivity contribution in [3.05, 3.63) is 93.0 Å². The van der Waals surface area contributed by atoms with Gasteiger partial charge in [-0.25, -0.2) is 0 Å². The molecule has 13 nitrogen and oxygen atoms in total. The second-order valence-electron chi connectivity index (χ2n) is 14.5. The summed E-state index contributed by atoms with van der Waals surface area (Å²) in [5, 5.41) is 21.6. The zero-order valence-corrected chi connectivity index (χ0v) is 30.9. The number of rotatable bonds is 11. The number of nitrogens with zero attached hydrogens (tertiary/aromatic N) is 4. The van der Waals surface area contributed by atoms with E-state index >= 15 is 0 Å². The third kappa shape index (κ3) is 7.90. The number of amides is 5. The summed E-state index contributed by atoms with van der Waals surface area (Å²) < 4.78 is 0. The highest BCUT2D eigenvalue weighted by Crippen LogP contribution is 2.34. The lowest BCUT2D eigenvalue weighted by Gasteiger charge is -2.36. The Labute approximate surface area is 319 Å². The number of carbonyl (C=O) groups excluding carboxylic acids is 5. The molecule has 54 heavy (non-hydrogen) atoms. The molecule has 5 amide bonds. The summed E-state index contributed by atoms with van der Waals surface area (Å²) in [6, 6.07) is 18.6. The van der Waals surface area contributed by atoms with Gasteiger partial charge < -0.3 is 30.7 Å². The molecule has 1 unspecified atom stereocenters. The molecular weight excluding hydrogens is 708 g/mol. The summed E-state index contributed by atoms with van der Waals surface area (Å²) in [6.07, 6.45) is 4.16. The van der Waals surface area contributed by atoms with E-state index in [9.17, 15) is 24.0 Å². The highest BCUT2D eigenvalue weighted by Gasteiger charge is 2.40. The van der Waals surface area contributed by atoms with Crippen LogP contribution in [0, 0.1) is 11.3 Å². The van der Waals surface area contributed by atoms with Gasteiger partial charge in [-0.3, -0.25) is 29.3 Å². The van der Waals surface area contributed by atoms with E-state index in [2.05, 4.69) is 32.2 Å². The van der Waals surface area contributed by atoms with Crippen LogP contribution < -0.4 is 26.2 Å². The molecule has 0 bridgehead atoms. The minimum absolute atomic E-state index is 0.0325. The molecular formula is C40H43ClN8O5. The minimum Gasteiger partial charge on any atom is -0.384 e. The van der Waals surface area contributed by atoms with Gasteiger partial charge in [0, 0.05) is 80.8 Å². The van der Waals surface area contributed by atoms with Crippen LogP contribution in [-0.4, -0.2) is 84.1 Å². The molecule has 3 aromatic carbocycles. The Hall–Kier alpha value is -5.45. The normalized spacial score (nSPS) is 20.5. The summed E-state index contributed by atoms with van der Waals surface area (Å²) in [6.45, 7) is 2.52. The van der Waals surface area contributed by atoms with Crippen LogP contribution in [0.1, 0.15) is 81.5 Å². The van der Waals surface area contributed by atoms with E-state index in [0.717, 1.165) is 53.7 Å². The van der Waals surface area contributed by atoms with Crippen LogP contribution in [-0.2, 0) is 34.0 Å². The van der Waals surface area contributed by atoms with Crippen LogP contribution >= 0.6 is 11.6 Å².